The van der Waals surface area contributed by atoms with Crippen LogP contribution in [0.2, 0.25) is 0 Å². The maximum absolute atomic E-state index is 12.4. The Balaban J connectivity index is 1.51. The predicted molar refractivity (Wildman–Crippen MR) is 147 cm³/mol. The number of hydrogen-bond donors (Lipinski definition) is 2. The molecule has 3 aromatic heterocycles. The van der Waals surface area contributed by atoms with Crippen LogP contribution in [0.25, 0.3) is 11.1 Å². The van der Waals surface area contributed by atoms with E-state index in [0.717, 1.165) is 32.1 Å². The quantitative estimate of drug-likeness (QED) is 0.344. The van der Waals surface area contributed by atoms with Gasteiger partial charge < -0.3 is 10.4 Å². The van der Waals surface area contributed by atoms with E-state index in [0.29, 0.717) is 23.0 Å². The van der Waals surface area contributed by atoms with Crippen LogP contribution in [0.15, 0.2) is 59.9 Å². The second-order valence-electron chi connectivity index (χ2n) is 9.14. The number of nitrogens with one attached hydrogen (secondary N) is 1. The highest BCUT2D eigenvalue weighted by molar-refractivity contribution is 7.15. The van der Waals surface area contributed by atoms with Crippen molar-refractivity contribution in [2.75, 3.05) is 5.32 Å². The van der Waals surface area contributed by atoms with Crippen molar-refractivity contribution < 1.29 is 14.7 Å². The first-order valence-electron chi connectivity index (χ1n) is 12.1. The van der Waals surface area contributed by atoms with Crippen LogP contribution in [0, 0.1) is 26.7 Å². The van der Waals surface area contributed by atoms with Crippen molar-refractivity contribution in [1.29, 1.82) is 0 Å². The lowest BCUT2D eigenvalue weighted by Crippen LogP contribution is -2.21. The number of rotatable bonds is 6. The first-order chi connectivity index (χ1) is 18.2. The molecular weight excluding hydrogens is 500 g/mol. The summed E-state index contributed by atoms with van der Waals surface area (Å²) in [6, 6.07) is 10.3. The molecule has 2 N–H and O–H groups in total. The highest BCUT2D eigenvalue weighted by atomic mass is 32.1. The summed E-state index contributed by atoms with van der Waals surface area (Å²) in [6.45, 7) is 7.60. The molecule has 1 aliphatic rings. The zero-order valence-electron chi connectivity index (χ0n) is 21.3. The minimum Gasteiger partial charge on any atom is -0.481 e. The van der Waals surface area contributed by atoms with Crippen molar-refractivity contribution in [2.45, 2.75) is 33.7 Å². The van der Waals surface area contributed by atoms with E-state index in [1.54, 1.807) is 42.8 Å². The second kappa shape index (κ2) is 10.1. The van der Waals surface area contributed by atoms with Gasteiger partial charge in [0.2, 0.25) is 5.91 Å². The van der Waals surface area contributed by atoms with Gasteiger partial charge in [-0.05, 0) is 63.1 Å². The van der Waals surface area contributed by atoms with E-state index in [2.05, 4.69) is 27.4 Å². The number of anilines is 1. The molecule has 4 aromatic rings. The summed E-state index contributed by atoms with van der Waals surface area (Å²) in [5.41, 5.74) is 4.98. The van der Waals surface area contributed by atoms with Crippen molar-refractivity contribution in [3.8, 4) is 5.00 Å². The smallest absolute Gasteiger partial charge is 0.308 e. The van der Waals surface area contributed by atoms with Crippen LogP contribution in [0.1, 0.15) is 51.7 Å². The summed E-state index contributed by atoms with van der Waals surface area (Å²) >= 11 is 1.61. The lowest BCUT2D eigenvalue weighted by Gasteiger charge is -2.16. The number of carboxylic acids is 1. The van der Waals surface area contributed by atoms with E-state index in [1.165, 1.54) is 6.08 Å². The monoisotopic (exact) mass is 526 g/mol. The Morgan fingerprint density at radius 2 is 1.89 bits per heavy atom. The fraction of sp³-hybridized carbons (Fsp3) is 0.214. The van der Waals surface area contributed by atoms with Gasteiger partial charge in [0.15, 0.2) is 5.82 Å². The van der Waals surface area contributed by atoms with Crippen LogP contribution < -0.4 is 5.32 Å². The van der Waals surface area contributed by atoms with Crippen LogP contribution in [0.4, 0.5) is 5.69 Å². The maximum atomic E-state index is 12.4. The molecule has 5 rings (SSSR count). The Morgan fingerprint density at radius 3 is 2.58 bits per heavy atom. The van der Waals surface area contributed by atoms with E-state index in [4.69, 9.17) is 4.99 Å². The third-order valence-electron chi connectivity index (χ3n) is 6.59. The first kappa shape index (κ1) is 25.2. The van der Waals surface area contributed by atoms with Crippen LogP contribution in [0.3, 0.4) is 0 Å². The van der Waals surface area contributed by atoms with Gasteiger partial charge in [-0.2, -0.15) is 0 Å². The molecule has 1 unspecified atom stereocenters. The molecule has 0 bridgehead atoms. The number of nitrogens with zero attached hydrogens (tertiary/aromatic N) is 5. The van der Waals surface area contributed by atoms with Crippen molar-refractivity contribution in [2.24, 2.45) is 10.9 Å². The third-order valence-corrected chi connectivity index (χ3v) is 7.78. The fourth-order valence-corrected chi connectivity index (χ4v) is 5.57. The normalized spacial score (nSPS) is 15.4. The van der Waals surface area contributed by atoms with Crippen LogP contribution in [0.5, 0.6) is 0 Å². The number of benzene rings is 1. The van der Waals surface area contributed by atoms with Crippen molar-refractivity contribution in [1.82, 2.24) is 19.7 Å². The number of pyridine rings is 1. The fourth-order valence-electron chi connectivity index (χ4n) is 4.36. The average molecular weight is 527 g/mol. The highest BCUT2D eigenvalue weighted by Crippen LogP contribution is 2.40. The van der Waals surface area contributed by atoms with E-state index in [-0.39, 0.29) is 5.91 Å². The third kappa shape index (κ3) is 4.66. The van der Waals surface area contributed by atoms with Gasteiger partial charge in [0.25, 0.3) is 0 Å². The molecule has 0 saturated heterocycles. The molecule has 0 radical (unpaired) electrons. The van der Waals surface area contributed by atoms with Crippen LogP contribution in [-0.4, -0.2) is 42.4 Å². The van der Waals surface area contributed by atoms with E-state index in [1.807, 2.05) is 48.7 Å². The average Bonchev–Trinajstić information content (AvgIpc) is 3.38. The topological polar surface area (TPSA) is 122 Å². The molecule has 4 heterocycles. The van der Waals surface area contributed by atoms with Crippen LogP contribution >= 0.6 is 11.3 Å². The Bertz CT molecular complexity index is 1580. The van der Waals surface area contributed by atoms with Gasteiger partial charge in [0.1, 0.15) is 16.9 Å². The number of thiophene rings is 1. The Morgan fingerprint density at radius 1 is 1.13 bits per heavy atom. The highest BCUT2D eigenvalue weighted by Gasteiger charge is 2.36. The summed E-state index contributed by atoms with van der Waals surface area (Å²) in [4.78, 5) is 34.6. The van der Waals surface area contributed by atoms with Gasteiger partial charge in [-0.25, -0.2) is 0 Å². The minimum atomic E-state index is -0.958. The Hall–Kier alpha value is -4.44. The second-order valence-corrected chi connectivity index (χ2v) is 10.3. The van der Waals surface area contributed by atoms with Gasteiger partial charge in [0, 0.05) is 40.2 Å². The lowest BCUT2D eigenvalue weighted by molar-refractivity contribution is -0.141. The molecule has 38 heavy (non-hydrogen) atoms. The van der Waals surface area contributed by atoms with Gasteiger partial charge in [-0.1, -0.05) is 18.2 Å². The number of aliphatic imine (C=N–C) groups is 1. The number of carboxylic acid groups (broad SMARTS) is 1. The van der Waals surface area contributed by atoms with Gasteiger partial charge in [-0.15, -0.1) is 21.5 Å². The zero-order chi connectivity index (χ0) is 27.0. The number of aryl methyl sites for hydroxylation is 2. The number of fused-ring (bicyclic) bond motifs is 3. The van der Waals surface area contributed by atoms with Crippen LogP contribution in [-0.2, 0) is 9.59 Å². The standard InChI is InChI=1S/C28H26N6O3S/c1-15-17(3)38-27-23(15)25(31-24(16(2)28(36)37)26-33-32-18(4)34(26)27)20-8-10-21(11-9-20)30-22(35)12-7-19-6-5-13-29-14-19/h5-14,16,24H,1-4H3,(H,30,35)(H,36,37)/t16?,24-/m0/s1. The van der Waals surface area contributed by atoms with E-state index >= 15 is 0 Å². The molecule has 192 valence electrons. The van der Waals surface area contributed by atoms with E-state index < -0.39 is 17.9 Å². The van der Waals surface area contributed by atoms with Crippen molar-refractivity contribution in [3.05, 3.63) is 93.6 Å². The molecule has 1 aromatic carbocycles. The summed E-state index contributed by atoms with van der Waals surface area (Å²) in [5.74, 6) is -0.837. The van der Waals surface area contributed by atoms with Crippen molar-refractivity contribution >= 4 is 40.7 Å². The molecule has 0 aliphatic carbocycles. The predicted octanol–water partition coefficient (Wildman–Crippen LogP) is 4.91. The largest absolute Gasteiger partial charge is 0.481 e. The summed E-state index contributed by atoms with van der Waals surface area (Å²) < 4.78 is 1.93. The number of hydrogen-bond acceptors (Lipinski definition) is 7. The van der Waals surface area contributed by atoms with Gasteiger partial charge >= 0.3 is 5.97 Å². The SMILES string of the molecule is Cc1sc2c(c1C)C(c1ccc(NC(=O)C=Cc3cccnc3)cc1)=N[C@@H](C(C)C(=O)O)c1nnc(C)n1-2. The molecule has 0 spiro atoms. The van der Waals surface area contributed by atoms with Gasteiger partial charge in [0.05, 0.1) is 11.6 Å². The number of carbonyl (C=O) groups excluding carboxylic acids is 1. The molecule has 0 fully saturated rings. The molecule has 9 nitrogen and oxygen atoms in total. The molecule has 10 heteroatoms. The van der Waals surface area contributed by atoms with Gasteiger partial charge in [-0.3, -0.25) is 24.1 Å². The summed E-state index contributed by atoms with van der Waals surface area (Å²) in [6.07, 6.45) is 6.51. The summed E-state index contributed by atoms with van der Waals surface area (Å²) in [5, 5.41) is 22.2. The molecular formula is C28H26N6O3S. The van der Waals surface area contributed by atoms with Crippen molar-refractivity contribution in [3.63, 3.8) is 0 Å². The summed E-state index contributed by atoms with van der Waals surface area (Å²) in [7, 11) is 0. The number of aliphatic carboxylic acids is 1. The Kier molecular flexibility index (Phi) is 6.73. The molecule has 2 atom stereocenters. The Labute approximate surface area is 223 Å². The number of aromatic nitrogens is 4. The number of amides is 1. The number of carbonyl (C=O) groups is 2. The van der Waals surface area contributed by atoms with E-state index in [9.17, 15) is 14.7 Å². The minimum absolute atomic E-state index is 0.260. The zero-order valence-corrected chi connectivity index (χ0v) is 22.2. The first-order valence-corrected chi connectivity index (χ1v) is 12.9. The molecule has 0 saturated carbocycles. The molecule has 1 aliphatic heterocycles. The maximum Gasteiger partial charge on any atom is 0.308 e. The lowest BCUT2D eigenvalue weighted by atomic mass is 9.98. The molecule has 1 amide bonds.